The van der Waals surface area contributed by atoms with Crippen LogP contribution in [0.5, 0.6) is 0 Å². The molecule has 0 aromatic carbocycles. The first-order chi connectivity index (χ1) is 10.8. The monoisotopic (exact) mass is 349 g/mol. The number of thiophene rings is 1. The van der Waals surface area contributed by atoms with E-state index in [9.17, 15) is 4.79 Å². The van der Waals surface area contributed by atoms with Crippen molar-refractivity contribution in [1.29, 1.82) is 0 Å². The maximum Gasteiger partial charge on any atom is 0.350 e. The Morgan fingerprint density at radius 2 is 1.96 bits per heavy atom. The second-order valence-corrected chi connectivity index (χ2v) is 5.83. The van der Waals surface area contributed by atoms with Crippen LogP contribution in [0.15, 0.2) is 11.4 Å². The average Bonchev–Trinajstić information content (AvgIpc) is 2.94. The molecule has 0 spiro atoms. The lowest BCUT2D eigenvalue weighted by atomic mass is 10.4. The van der Waals surface area contributed by atoms with Crippen molar-refractivity contribution in [3.63, 3.8) is 0 Å². The quantitative estimate of drug-likeness (QED) is 0.448. The summed E-state index contributed by atoms with van der Waals surface area (Å²) < 4.78 is 9.67. The summed E-state index contributed by atoms with van der Waals surface area (Å²) in [4.78, 5) is 11.3. The maximum atomic E-state index is 10.8. The van der Waals surface area contributed by atoms with Gasteiger partial charge in [-0.3, -0.25) is 0 Å². The van der Waals surface area contributed by atoms with Gasteiger partial charge in [-0.1, -0.05) is 0 Å². The number of carbonyl (C=O) groups excluding carboxylic acids is 1. The fourth-order valence-electron chi connectivity index (χ4n) is 0.980. The van der Waals surface area contributed by atoms with Crippen molar-refractivity contribution in [2.75, 3.05) is 32.6 Å². The molecule has 0 amide bonds. The van der Waals surface area contributed by atoms with Gasteiger partial charge in [-0.2, -0.15) is 0 Å². The third kappa shape index (κ3) is 15.5. The Morgan fingerprint density at radius 3 is 2.26 bits per heavy atom. The van der Waals surface area contributed by atoms with Crippen LogP contribution in [0.4, 0.5) is 5.69 Å². The van der Waals surface area contributed by atoms with Crippen molar-refractivity contribution in [2.24, 2.45) is 11.5 Å². The standard InChI is InChI=1S/C6H7NO2S.C6H15NO.C3H9NO/c1-9-6(8)5-4(7)2-3-10-5;1-6(2)8-5-3-4-7;1-3(4)2-5/h2-3H,7H2,1H3;6H,3-5,7H2,1-2H3;3,5H,2,4H2,1H3. The van der Waals surface area contributed by atoms with E-state index in [1.807, 2.05) is 13.8 Å². The van der Waals surface area contributed by atoms with E-state index in [0.29, 0.717) is 16.7 Å². The smallest absolute Gasteiger partial charge is 0.350 e. The Labute approximate surface area is 142 Å². The second kappa shape index (κ2) is 15.7. The van der Waals surface area contributed by atoms with E-state index in [-0.39, 0.29) is 18.6 Å². The highest BCUT2D eigenvalue weighted by molar-refractivity contribution is 7.12. The van der Waals surface area contributed by atoms with Crippen LogP contribution in [0, 0.1) is 0 Å². The highest BCUT2D eigenvalue weighted by Crippen LogP contribution is 2.18. The molecule has 0 fully saturated rings. The molecular formula is C15H31N3O4S. The summed E-state index contributed by atoms with van der Waals surface area (Å²) in [6, 6.07) is 1.62. The number of hydrogen-bond donors (Lipinski definition) is 4. The van der Waals surface area contributed by atoms with Gasteiger partial charge in [0, 0.05) is 12.6 Å². The van der Waals surface area contributed by atoms with Crippen LogP contribution in [0.25, 0.3) is 0 Å². The van der Waals surface area contributed by atoms with Crippen LogP contribution in [0.2, 0.25) is 0 Å². The van der Waals surface area contributed by atoms with E-state index in [4.69, 9.17) is 27.0 Å². The number of esters is 1. The van der Waals surface area contributed by atoms with Gasteiger partial charge in [-0.15, -0.1) is 11.3 Å². The van der Waals surface area contributed by atoms with Gasteiger partial charge in [0.05, 0.1) is 25.5 Å². The number of ether oxygens (including phenoxy) is 2. The van der Waals surface area contributed by atoms with Crippen molar-refractivity contribution < 1.29 is 19.4 Å². The lowest BCUT2D eigenvalue weighted by Crippen LogP contribution is -2.18. The molecule has 7 nitrogen and oxygen atoms in total. The first-order valence-corrected chi connectivity index (χ1v) is 8.27. The lowest BCUT2D eigenvalue weighted by molar-refractivity contribution is 0.0607. The number of hydrogen-bond acceptors (Lipinski definition) is 8. The molecule has 0 bridgehead atoms. The van der Waals surface area contributed by atoms with Crippen LogP contribution >= 0.6 is 11.3 Å². The van der Waals surface area contributed by atoms with Gasteiger partial charge < -0.3 is 31.8 Å². The molecule has 1 heterocycles. The number of anilines is 1. The largest absolute Gasteiger partial charge is 0.465 e. The first kappa shape index (κ1) is 24.1. The maximum absolute atomic E-state index is 10.8. The minimum absolute atomic E-state index is 0.0602. The number of carbonyl (C=O) groups is 1. The van der Waals surface area contributed by atoms with Gasteiger partial charge in [0.1, 0.15) is 4.88 Å². The van der Waals surface area contributed by atoms with Crippen LogP contribution in [-0.4, -0.2) is 50.1 Å². The highest BCUT2D eigenvalue weighted by atomic mass is 32.1. The van der Waals surface area contributed by atoms with Gasteiger partial charge in [-0.25, -0.2) is 4.79 Å². The Balaban J connectivity index is 0. The van der Waals surface area contributed by atoms with E-state index >= 15 is 0 Å². The SMILES string of the molecule is CC(C)OCCCN.CC(N)CO.COC(=O)c1sccc1N. The van der Waals surface area contributed by atoms with Crippen LogP contribution in [0.3, 0.4) is 0 Å². The Hall–Kier alpha value is -1.19. The van der Waals surface area contributed by atoms with Crippen molar-refractivity contribution in [1.82, 2.24) is 0 Å². The Bertz CT molecular complexity index is 398. The van der Waals surface area contributed by atoms with E-state index in [0.717, 1.165) is 19.6 Å². The number of rotatable bonds is 6. The molecule has 1 aromatic heterocycles. The van der Waals surface area contributed by atoms with E-state index < -0.39 is 0 Å². The molecule has 1 aromatic rings. The zero-order valence-electron chi connectivity index (χ0n) is 14.5. The molecule has 1 atom stereocenters. The number of aliphatic hydroxyl groups is 1. The highest BCUT2D eigenvalue weighted by Gasteiger charge is 2.09. The van der Waals surface area contributed by atoms with Crippen LogP contribution in [-0.2, 0) is 9.47 Å². The molecule has 136 valence electrons. The van der Waals surface area contributed by atoms with Gasteiger partial charge >= 0.3 is 5.97 Å². The van der Waals surface area contributed by atoms with E-state index in [1.54, 1.807) is 18.4 Å². The third-order valence-corrected chi connectivity index (χ3v) is 3.06. The molecular weight excluding hydrogens is 318 g/mol. The number of nitrogen functional groups attached to an aromatic ring is 1. The molecule has 0 aliphatic carbocycles. The summed E-state index contributed by atoms with van der Waals surface area (Å²) in [5.41, 5.74) is 16.2. The van der Waals surface area contributed by atoms with Crippen LogP contribution in [0.1, 0.15) is 36.9 Å². The Kier molecular flexibility index (Phi) is 16.4. The Morgan fingerprint density at radius 1 is 1.39 bits per heavy atom. The molecule has 0 aliphatic rings. The van der Waals surface area contributed by atoms with E-state index in [1.165, 1.54) is 18.4 Å². The molecule has 1 rings (SSSR count). The summed E-state index contributed by atoms with van der Waals surface area (Å²) in [5, 5.41) is 9.77. The minimum atomic E-state index is -0.368. The third-order valence-electron chi connectivity index (χ3n) is 2.15. The van der Waals surface area contributed by atoms with Crippen molar-refractivity contribution in [3.05, 3.63) is 16.3 Å². The fourth-order valence-corrected chi connectivity index (χ4v) is 1.71. The predicted molar refractivity (Wildman–Crippen MR) is 95.6 cm³/mol. The van der Waals surface area contributed by atoms with Gasteiger partial charge in [0.2, 0.25) is 0 Å². The molecule has 7 N–H and O–H groups in total. The fraction of sp³-hybridized carbons (Fsp3) is 0.667. The summed E-state index contributed by atoms with van der Waals surface area (Å²) >= 11 is 1.28. The van der Waals surface area contributed by atoms with Gasteiger partial charge in [0.25, 0.3) is 0 Å². The second-order valence-electron chi connectivity index (χ2n) is 4.92. The van der Waals surface area contributed by atoms with Gasteiger partial charge in [-0.05, 0) is 45.2 Å². The zero-order chi connectivity index (χ0) is 18.3. The summed E-state index contributed by atoms with van der Waals surface area (Å²) in [7, 11) is 1.33. The minimum Gasteiger partial charge on any atom is -0.465 e. The molecule has 0 aliphatic heterocycles. The molecule has 0 saturated carbocycles. The molecule has 1 unspecified atom stereocenters. The summed E-state index contributed by atoms with van der Waals surface area (Å²) in [5.74, 6) is -0.368. The lowest BCUT2D eigenvalue weighted by Gasteiger charge is -2.04. The summed E-state index contributed by atoms with van der Waals surface area (Å²) in [6.07, 6.45) is 1.32. The molecule has 0 saturated heterocycles. The summed E-state index contributed by atoms with van der Waals surface area (Å²) in [6.45, 7) is 7.41. The predicted octanol–water partition coefficient (Wildman–Crippen LogP) is 1.20. The van der Waals surface area contributed by atoms with E-state index in [2.05, 4.69) is 4.74 Å². The normalized spacial score (nSPS) is 11.0. The molecule has 23 heavy (non-hydrogen) atoms. The molecule has 0 radical (unpaired) electrons. The topological polar surface area (TPSA) is 134 Å². The number of nitrogens with two attached hydrogens (primary N) is 3. The van der Waals surface area contributed by atoms with Crippen molar-refractivity contribution in [2.45, 2.75) is 39.3 Å². The number of methoxy groups -OCH3 is 1. The van der Waals surface area contributed by atoms with Gasteiger partial charge in [0.15, 0.2) is 0 Å². The van der Waals surface area contributed by atoms with Crippen LogP contribution < -0.4 is 17.2 Å². The average molecular weight is 349 g/mol. The molecule has 8 heteroatoms. The zero-order valence-corrected chi connectivity index (χ0v) is 15.3. The number of aliphatic hydroxyl groups excluding tert-OH is 1. The van der Waals surface area contributed by atoms with Crippen molar-refractivity contribution >= 4 is 23.0 Å². The first-order valence-electron chi connectivity index (χ1n) is 7.39. The van der Waals surface area contributed by atoms with Crippen molar-refractivity contribution in [3.8, 4) is 0 Å².